The number of nitrogens with two attached hydrogens (primary N) is 1. The average molecular weight is 380 g/mol. The number of carbonyl (C=O) groups excluding carboxylic acids is 3. The molecule has 0 aliphatic carbocycles. The van der Waals surface area contributed by atoms with E-state index >= 15 is 0 Å². The zero-order valence-electron chi connectivity index (χ0n) is 17.1. The van der Waals surface area contributed by atoms with Gasteiger partial charge in [0.15, 0.2) is 5.54 Å². The van der Waals surface area contributed by atoms with E-state index in [0.717, 1.165) is 0 Å². The van der Waals surface area contributed by atoms with Gasteiger partial charge in [-0.15, -0.1) is 0 Å². The Morgan fingerprint density at radius 3 is 2.33 bits per heavy atom. The van der Waals surface area contributed by atoms with Crippen LogP contribution in [0.3, 0.4) is 0 Å². The Bertz CT molecular complexity index is 627. The van der Waals surface area contributed by atoms with Crippen molar-refractivity contribution < 1.29 is 19.1 Å². The molecule has 0 unspecified atom stereocenters. The lowest BCUT2D eigenvalue weighted by molar-refractivity contribution is -0.166. The van der Waals surface area contributed by atoms with E-state index in [-0.39, 0.29) is 24.7 Å². The number of nitrogens with one attached hydrogen (secondary N) is 2. The molecule has 0 radical (unpaired) electrons. The van der Waals surface area contributed by atoms with Gasteiger partial charge < -0.3 is 21.1 Å². The second-order valence-corrected chi connectivity index (χ2v) is 9.38. The molecule has 1 heterocycles. The van der Waals surface area contributed by atoms with Gasteiger partial charge in [-0.25, -0.2) is 4.79 Å². The first-order chi connectivity index (χ1) is 12.2. The molecule has 2 amide bonds. The highest BCUT2D eigenvalue weighted by Gasteiger charge is 2.48. The van der Waals surface area contributed by atoms with E-state index < -0.39 is 34.5 Å². The van der Waals surface area contributed by atoms with E-state index in [2.05, 4.69) is 10.6 Å². The summed E-state index contributed by atoms with van der Waals surface area (Å²) < 4.78 is 5.36. The number of nitrogens with zero attached hydrogens (tertiary/aromatic N) is 1. The summed E-state index contributed by atoms with van der Waals surface area (Å²) in [6.45, 7) is 11.2. The highest BCUT2D eigenvalue weighted by molar-refractivity contribution is 6.07. The highest BCUT2D eigenvalue weighted by atomic mass is 16.6. The van der Waals surface area contributed by atoms with Crippen LogP contribution < -0.4 is 16.4 Å². The van der Waals surface area contributed by atoms with Crippen molar-refractivity contribution in [2.24, 2.45) is 17.1 Å². The molecule has 0 aromatic heterocycles. The molecular weight excluding hydrogens is 348 g/mol. The number of hydrogen-bond acceptors (Lipinski definition) is 6. The van der Waals surface area contributed by atoms with E-state index in [4.69, 9.17) is 10.5 Å². The zero-order chi connectivity index (χ0) is 21.0. The molecule has 1 saturated heterocycles. The summed E-state index contributed by atoms with van der Waals surface area (Å²) in [5.41, 5.74) is 3.07. The van der Waals surface area contributed by atoms with Crippen LogP contribution in [0.25, 0.3) is 0 Å². The fourth-order valence-corrected chi connectivity index (χ4v) is 3.04. The van der Waals surface area contributed by atoms with Crippen LogP contribution in [-0.2, 0) is 19.1 Å². The number of hydrogen-bond donors (Lipinski definition) is 3. The fraction of sp³-hybridized carbons (Fsp3) is 0.789. The first-order valence-electron chi connectivity index (χ1n) is 9.18. The second-order valence-electron chi connectivity index (χ2n) is 9.38. The molecule has 0 spiro atoms. The molecule has 4 N–H and O–H groups in total. The van der Waals surface area contributed by atoms with Crippen LogP contribution in [0.2, 0.25) is 0 Å². The van der Waals surface area contributed by atoms with Crippen molar-refractivity contribution in [2.75, 3.05) is 6.54 Å². The minimum Gasteiger partial charge on any atom is -0.458 e. The summed E-state index contributed by atoms with van der Waals surface area (Å²) in [5, 5.41) is 14.6. The molecule has 0 saturated carbocycles. The maximum atomic E-state index is 12.9. The molecule has 1 rings (SSSR count). The van der Waals surface area contributed by atoms with Gasteiger partial charge in [0.1, 0.15) is 11.6 Å². The molecule has 8 heteroatoms. The predicted octanol–water partition coefficient (Wildman–Crippen LogP) is 0.996. The molecule has 152 valence electrons. The van der Waals surface area contributed by atoms with Crippen LogP contribution in [0.15, 0.2) is 0 Å². The number of amides is 2. The lowest BCUT2D eigenvalue weighted by Crippen LogP contribution is -2.63. The minimum atomic E-state index is -1.93. The van der Waals surface area contributed by atoms with Crippen LogP contribution >= 0.6 is 0 Å². The summed E-state index contributed by atoms with van der Waals surface area (Å²) in [6.07, 6.45) is 0.825. The number of nitriles is 1. The smallest absolute Gasteiger partial charge is 0.336 e. The number of ether oxygens (including phenoxy) is 1. The van der Waals surface area contributed by atoms with Crippen LogP contribution in [0.5, 0.6) is 0 Å². The van der Waals surface area contributed by atoms with Gasteiger partial charge in [0, 0.05) is 12.5 Å². The van der Waals surface area contributed by atoms with E-state index in [1.54, 1.807) is 20.8 Å². The third kappa shape index (κ3) is 6.83. The molecular formula is C19H32N4O4. The van der Waals surface area contributed by atoms with Crippen LogP contribution in [0, 0.1) is 22.7 Å². The van der Waals surface area contributed by atoms with E-state index in [1.165, 1.54) is 0 Å². The molecule has 0 aromatic rings. The van der Waals surface area contributed by atoms with E-state index in [0.29, 0.717) is 13.0 Å². The van der Waals surface area contributed by atoms with Crippen molar-refractivity contribution in [3.8, 4) is 6.07 Å². The average Bonchev–Trinajstić information content (AvgIpc) is 2.87. The lowest BCUT2D eigenvalue weighted by atomic mass is 9.79. The van der Waals surface area contributed by atoms with Gasteiger partial charge in [-0.1, -0.05) is 20.8 Å². The van der Waals surface area contributed by atoms with E-state index in [1.807, 2.05) is 26.8 Å². The highest BCUT2D eigenvalue weighted by Crippen LogP contribution is 2.29. The number of rotatable bonds is 6. The third-order valence-electron chi connectivity index (χ3n) is 4.12. The third-order valence-corrected chi connectivity index (χ3v) is 4.12. The van der Waals surface area contributed by atoms with Gasteiger partial charge >= 0.3 is 5.97 Å². The van der Waals surface area contributed by atoms with Gasteiger partial charge in [0.2, 0.25) is 5.91 Å². The van der Waals surface area contributed by atoms with Crippen molar-refractivity contribution in [1.82, 2.24) is 10.6 Å². The van der Waals surface area contributed by atoms with Gasteiger partial charge in [0.05, 0.1) is 6.07 Å². The summed E-state index contributed by atoms with van der Waals surface area (Å²) in [7, 11) is 0. The SMILES string of the molecule is CC(C)(C)C[C@](N)(C(=O)N[C@H](C#N)C[C@@H]1CCNC1=O)C(=O)OC(C)(C)C. The number of esters is 1. The first-order valence-corrected chi connectivity index (χ1v) is 9.18. The molecule has 3 atom stereocenters. The zero-order valence-corrected chi connectivity index (χ0v) is 17.1. The van der Waals surface area contributed by atoms with Crippen LogP contribution in [-0.4, -0.2) is 41.5 Å². The Morgan fingerprint density at radius 2 is 1.93 bits per heavy atom. The molecule has 1 aliphatic heterocycles. The van der Waals surface area contributed by atoms with Gasteiger partial charge in [-0.3, -0.25) is 9.59 Å². The number of carbonyl (C=O) groups is 3. The van der Waals surface area contributed by atoms with Crippen molar-refractivity contribution in [3.63, 3.8) is 0 Å². The van der Waals surface area contributed by atoms with Gasteiger partial charge in [0.25, 0.3) is 5.91 Å². The molecule has 1 fully saturated rings. The van der Waals surface area contributed by atoms with E-state index in [9.17, 15) is 19.6 Å². The molecule has 27 heavy (non-hydrogen) atoms. The molecule has 1 aliphatic rings. The summed E-state index contributed by atoms with van der Waals surface area (Å²) in [4.78, 5) is 37.3. The normalized spacial score (nSPS) is 20.8. The first kappa shape index (κ1) is 22.9. The Balaban J connectivity index is 2.99. The maximum absolute atomic E-state index is 12.9. The Hall–Kier alpha value is -2.14. The van der Waals surface area contributed by atoms with Crippen molar-refractivity contribution in [2.45, 2.75) is 78.0 Å². The minimum absolute atomic E-state index is 0.0445. The Kier molecular flexibility index (Phi) is 7.00. The maximum Gasteiger partial charge on any atom is 0.336 e. The second kappa shape index (κ2) is 8.26. The molecule has 8 nitrogen and oxygen atoms in total. The summed E-state index contributed by atoms with van der Waals surface area (Å²) >= 11 is 0. The van der Waals surface area contributed by atoms with Crippen molar-refractivity contribution in [1.29, 1.82) is 5.26 Å². The Labute approximate surface area is 161 Å². The summed E-state index contributed by atoms with van der Waals surface area (Å²) in [5.74, 6) is -2.08. The van der Waals surface area contributed by atoms with Crippen molar-refractivity contribution in [3.05, 3.63) is 0 Å². The largest absolute Gasteiger partial charge is 0.458 e. The van der Waals surface area contributed by atoms with Gasteiger partial charge in [-0.05, 0) is 45.4 Å². The predicted molar refractivity (Wildman–Crippen MR) is 100 cm³/mol. The monoisotopic (exact) mass is 380 g/mol. The van der Waals surface area contributed by atoms with Crippen LogP contribution in [0.1, 0.15) is 60.8 Å². The topological polar surface area (TPSA) is 134 Å². The summed E-state index contributed by atoms with van der Waals surface area (Å²) in [6, 6.07) is 1.06. The fourth-order valence-electron chi connectivity index (χ4n) is 3.04. The molecule has 0 aromatic carbocycles. The lowest BCUT2D eigenvalue weighted by Gasteiger charge is -2.35. The standard InChI is InChI=1S/C19H32N4O4/c1-17(2,3)11-19(21,16(26)27-18(4,5)6)15(25)23-13(10-20)9-12-7-8-22-14(12)24/h12-13H,7-9,11,21H2,1-6H3,(H,22,24)(H,23,25)/t12-,13-,19-/m0/s1. The van der Waals surface area contributed by atoms with Crippen LogP contribution in [0.4, 0.5) is 0 Å². The quantitative estimate of drug-likeness (QED) is 0.465. The Morgan fingerprint density at radius 1 is 1.33 bits per heavy atom. The molecule has 0 bridgehead atoms. The van der Waals surface area contributed by atoms with Crippen molar-refractivity contribution >= 4 is 17.8 Å². The van der Waals surface area contributed by atoms with Gasteiger partial charge in [-0.2, -0.15) is 5.26 Å².